The average molecular weight is 217 g/mol. The van der Waals surface area contributed by atoms with Gasteiger partial charge in [0.25, 0.3) is 0 Å². The molecule has 5 nitrogen and oxygen atoms in total. The third-order valence-corrected chi connectivity index (χ3v) is 2.92. The Morgan fingerprint density at radius 2 is 2.00 bits per heavy atom. The maximum absolute atomic E-state index is 10.6. The number of nitrogens with one attached hydrogen (secondary N) is 1. The molecule has 4 N–H and O–H groups in total. The van der Waals surface area contributed by atoms with Gasteiger partial charge in [0.2, 0.25) is 0 Å². The summed E-state index contributed by atoms with van der Waals surface area (Å²) in [6, 6.07) is 0. The Hall–Kier alpha value is -0.650. The highest BCUT2D eigenvalue weighted by molar-refractivity contribution is 5.76. The molecule has 0 radical (unpaired) electrons. The Morgan fingerprint density at radius 3 is 2.47 bits per heavy atom. The first-order valence-electron chi connectivity index (χ1n) is 5.25. The van der Waals surface area contributed by atoms with Crippen molar-refractivity contribution in [1.82, 2.24) is 5.32 Å². The van der Waals surface area contributed by atoms with Gasteiger partial charge in [-0.1, -0.05) is 12.8 Å². The summed E-state index contributed by atoms with van der Waals surface area (Å²) in [6.45, 7) is 1.53. The first kappa shape index (κ1) is 12.4. The molecule has 1 unspecified atom stereocenters. The van der Waals surface area contributed by atoms with E-state index in [1.807, 2.05) is 0 Å². The zero-order valence-electron chi connectivity index (χ0n) is 8.99. The van der Waals surface area contributed by atoms with Crippen LogP contribution < -0.4 is 5.32 Å². The van der Waals surface area contributed by atoms with E-state index in [1.54, 1.807) is 0 Å². The average Bonchev–Trinajstić information content (AvgIpc) is 2.51. The van der Waals surface area contributed by atoms with E-state index in [2.05, 4.69) is 5.32 Å². The van der Waals surface area contributed by atoms with E-state index in [0.29, 0.717) is 6.54 Å². The van der Waals surface area contributed by atoms with Gasteiger partial charge in [0.05, 0.1) is 5.60 Å². The molecule has 0 spiro atoms. The molecule has 15 heavy (non-hydrogen) atoms. The van der Waals surface area contributed by atoms with Crippen molar-refractivity contribution in [3.8, 4) is 0 Å². The van der Waals surface area contributed by atoms with Gasteiger partial charge in [-0.05, 0) is 19.8 Å². The van der Waals surface area contributed by atoms with Gasteiger partial charge in [-0.2, -0.15) is 0 Å². The highest BCUT2D eigenvalue weighted by atomic mass is 16.4. The standard InChI is InChI=1S/C10H19NO4/c1-9(14,8(12)13)6-11-7-10(15)4-2-3-5-10/h11,14-15H,2-7H2,1H3,(H,12,13). The van der Waals surface area contributed by atoms with Crippen LogP contribution in [0.5, 0.6) is 0 Å². The molecule has 0 aromatic carbocycles. The van der Waals surface area contributed by atoms with Crippen LogP contribution in [0, 0.1) is 0 Å². The Kier molecular flexibility index (Phi) is 3.70. The smallest absolute Gasteiger partial charge is 0.336 e. The van der Waals surface area contributed by atoms with Gasteiger partial charge >= 0.3 is 5.97 Å². The third-order valence-electron chi connectivity index (χ3n) is 2.92. The number of carboxylic acid groups (broad SMARTS) is 1. The molecule has 0 aromatic heterocycles. The number of aliphatic hydroxyl groups is 2. The Balaban J connectivity index is 2.29. The molecule has 1 atom stereocenters. The van der Waals surface area contributed by atoms with Gasteiger partial charge in [0.1, 0.15) is 0 Å². The van der Waals surface area contributed by atoms with Gasteiger partial charge in [-0.25, -0.2) is 4.79 Å². The minimum absolute atomic E-state index is 0.0509. The second-order valence-electron chi connectivity index (χ2n) is 4.61. The van der Waals surface area contributed by atoms with Crippen LogP contribution in [0.2, 0.25) is 0 Å². The maximum atomic E-state index is 10.6. The Bertz CT molecular complexity index is 234. The second-order valence-corrected chi connectivity index (χ2v) is 4.61. The lowest BCUT2D eigenvalue weighted by atomic mass is 10.0. The van der Waals surface area contributed by atoms with Crippen LogP contribution in [0.25, 0.3) is 0 Å². The van der Waals surface area contributed by atoms with Crippen LogP contribution in [-0.4, -0.2) is 45.6 Å². The maximum Gasteiger partial charge on any atom is 0.336 e. The van der Waals surface area contributed by atoms with Crippen LogP contribution in [0.15, 0.2) is 0 Å². The first-order chi connectivity index (χ1) is 6.86. The summed E-state index contributed by atoms with van der Waals surface area (Å²) in [5.74, 6) is -1.26. The fraction of sp³-hybridized carbons (Fsp3) is 0.900. The quantitative estimate of drug-likeness (QED) is 0.508. The van der Waals surface area contributed by atoms with Gasteiger partial charge in [-0.15, -0.1) is 0 Å². The van der Waals surface area contributed by atoms with E-state index in [0.717, 1.165) is 25.7 Å². The molecule has 0 aromatic rings. The number of rotatable bonds is 5. The van der Waals surface area contributed by atoms with E-state index in [1.165, 1.54) is 6.92 Å². The summed E-state index contributed by atoms with van der Waals surface area (Å²) in [5, 5.41) is 30.8. The lowest BCUT2D eigenvalue weighted by molar-refractivity contribution is -0.156. The molecule has 0 amide bonds. The molecular weight excluding hydrogens is 198 g/mol. The van der Waals surface area contributed by atoms with Gasteiger partial charge < -0.3 is 20.6 Å². The number of hydrogen-bond acceptors (Lipinski definition) is 4. The van der Waals surface area contributed by atoms with Gasteiger partial charge in [0.15, 0.2) is 5.60 Å². The monoisotopic (exact) mass is 217 g/mol. The first-order valence-corrected chi connectivity index (χ1v) is 5.25. The predicted molar refractivity (Wildman–Crippen MR) is 54.5 cm³/mol. The molecule has 1 saturated carbocycles. The number of carboxylic acids is 1. The van der Waals surface area contributed by atoms with E-state index in [-0.39, 0.29) is 6.54 Å². The fourth-order valence-electron chi connectivity index (χ4n) is 1.82. The van der Waals surface area contributed by atoms with Crippen molar-refractivity contribution in [3.05, 3.63) is 0 Å². The molecule has 0 aliphatic heterocycles. The number of hydrogen-bond donors (Lipinski definition) is 4. The van der Waals surface area contributed by atoms with Crippen molar-refractivity contribution in [1.29, 1.82) is 0 Å². The van der Waals surface area contributed by atoms with Crippen LogP contribution >= 0.6 is 0 Å². The molecule has 1 aliphatic rings. The van der Waals surface area contributed by atoms with E-state index in [9.17, 15) is 15.0 Å². The van der Waals surface area contributed by atoms with Gasteiger partial charge in [0, 0.05) is 13.1 Å². The number of aliphatic carboxylic acids is 1. The zero-order valence-corrected chi connectivity index (χ0v) is 8.99. The summed E-state index contributed by atoms with van der Waals surface area (Å²) in [6.07, 6.45) is 3.51. The summed E-state index contributed by atoms with van der Waals surface area (Å²) in [4.78, 5) is 10.6. The Labute approximate surface area is 89.1 Å². The highest BCUT2D eigenvalue weighted by Gasteiger charge is 2.33. The highest BCUT2D eigenvalue weighted by Crippen LogP contribution is 2.28. The Morgan fingerprint density at radius 1 is 1.47 bits per heavy atom. The van der Waals surface area contributed by atoms with Crippen LogP contribution in [-0.2, 0) is 4.79 Å². The van der Waals surface area contributed by atoms with E-state index < -0.39 is 17.2 Å². The van der Waals surface area contributed by atoms with Crippen molar-refractivity contribution in [2.45, 2.75) is 43.8 Å². The SMILES string of the molecule is CC(O)(CNCC1(O)CCCC1)C(=O)O. The second kappa shape index (κ2) is 4.47. The normalized spacial score (nSPS) is 23.7. The molecule has 0 heterocycles. The molecule has 88 valence electrons. The summed E-state index contributed by atoms with van der Waals surface area (Å²) >= 11 is 0. The van der Waals surface area contributed by atoms with Crippen molar-refractivity contribution in [2.24, 2.45) is 0 Å². The fourth-order valence-corrected chi connectivity index (χ4v) is 1.82. The molecule has 1 rings (SSSR count). The molecule has 5 heteroatoms. The summed E-state index contributed by atoms with van der Waals surface area (Å²) in [5.41, 5.74) is -2.48. The lowest BCUT2D eigenvalue weighted by Crippen LogP contribution is -2.48. The van der Waals surface area contributed by atoms with Crippen LogP contribution in [0.1, 0.15) is 32.6 Å². The van der Waals surface area contributed by atoms with E-state index >= 15 is 0 Å². The minimum Gasteiger partial charge on any atom is -0.479 e. The lowest BCUT2D eigenvalue weighted by Gasteiger charge is -2.25. The van der Waals surface area contributed by atoms with Crippen LogP contribution in [0.3, 0.4) is 0 Å². The van der Waals surface area contributed by atoms with Crippen molar-refractivity contribution in [3.63, 3.8) is 0 Å². The van der Waals surface area contributed by atoms with Crippen molar-refractivity contribution < 1.29 is 20.1 Å². The van der Waals surface area contributed by atoms with Crippen molar-refractivity contribution >= 4 is 5.97 Å². The van der Waals surface area contributed by atoms with Gasteiger partial charge in [-0.3, -0.25) is 0 Å². The summed E-state index contributed by atoms with van der Waals surface area (Å²) < 4.78 is 0. The molecule has 1 aliphatic carbocycles. The molecular formula is C10H19NO4. The minimum atomic E-state index is -1.77. The summed E-state index contributed by atoms with van der Waals surface area (Å²) in [7, 11) is 0. The third kappa shape index (κ3) is 3.44. The topological polar surface area (TPSA) is 89.8 Å². The van der Waals surface area contributed by atoms with Crippen LogP contribution in [0.4, 0.5) is 0 Å². The largest absolute Gasteiger partial charge is 0.479 e. The number of carbonyl (C=O) groups is 1. The van der Waals surface area contributed by atoms with Crippen molar-refractivity contribution in [2.75, 3.05) is 13.1 Å². The molecule has 0 bridgehead atoms. The molecule has 0 saturated heterocycles. The zero-order chi connectivity index (χ0) is 11.5. The predicted octanol–water partition coefficient (Wildman–Crippen LogP) is -0.283. The van der Waals surface area contributed by atoms with E-state index in [4.69, 9.17) is 5.11 Å². The molecule has 1 fully saturated rings.